The van der Waals surface area contributed by atoms with Crippen molar-refractivity contribution in [2.45, 2.75) is 6.61 Å². The van der Waals surface area contributed by atoms with Crippen LogP contribution in [0.15, 0.2) is 22.7 Å². The fourth-order valence-corrected chi connectivity index (χ4v) is 2.00. The van der Waals surface area contributed by atoms with Gasteiger partial charge in [-0.05, 0) is 17.7 Å². The Morgan fingerprint density at radius 2 is 2.15 bits per heavy atom. The summed E-state index contributed by atoms with van der Waals surface area (Å²) in [6.07, 6.45) is 0. The fraction of sp³-hybridized carbons (Fsp3) is 0.231. The van der Waals surface area contributed by atoms with E-state index >= 15 is 0 Å². The molecule has 7 heteroatoms. The Hall–Kier alpha value is -2.05. The maximum Gasteiger partial charge on any atom is 0.358 e. The molecule has 0 saturated carbocycles. The molecule has 0 unspecified atom stereocenters. The highest BCUT2D eigenvalue weighted by Gasteiger charge is 2.17. The second kappa shape index (κ2) is 5.94. The van der Waals surface area contributed by atoms with Crippen LogP contribution in [-0.4, -0.2) is 30.5 Å². The molecule has 6 nitrogen and oxygen atoms in total. The number of ether oxygens (including phenoxy) is 2. The molecule has 0 aliphatic rings. The highest BCUT2D eigenvalue weighted by atomic mass is 35.5. The minimum Gasteiger partial charge on any atom is -0.495 e. The lowest BCUT2D eigenvalue weighted by atomic mass is 10.0. The molecule has 20 heavy (non-hydrogen) atoms. The first-order valence-electron chi connectivity index (χ1n) is 5.62. The summed E-state index contributed by atoms with van der Waals surface area (Å²) in [6.45, 7) is 0.298. The predicted molar refractivity (Wildman–Crippen MR) is 71.2 cm³/mol. The van der Waals surface area contributed by atoms with Gasteiger partial charge in [0, 0.05) is 18.7 Å². The second-order valence-corrected chi connectivity index (χ2v) is 4.37. The molecular weight excluding hydrogens is 286 g/mol. The van der Waals surface area contributed by atoms with Gasteiger partial charge in [-0.15, -0.1) is 0 Å². The van der Waals surface area contributed by atoms with Crippen LogP contribution < -0.4 is 4.74 Å². The first-order chi connectivity index (χ1) is 9.56. The number of carbonyl (C=O) groups is 1. The van der Waals surface area contributed by atoms with Crippen molar-refractivity contribution < 1.29 is 23.9 Å². The summed E-state index contributed by atoms with van der Waals surface area (Å²) in [7, 11) is 3.06. The zero-order chi connectivity index (χ0) is 14.7. The van der Waals surface area contributed by atoms with E-state index in [4.69, 9.17) is 30.7 Å². The Bertz CT molecular complexity index is 638. The highest BCUT2D eigenvalue weighted by Crippen LogP contribution is 2.34. The lowest BCUT2D eigenvalue weighted by molar-refractivity contribution is 0.0686. The number of carboxylic acid groups (broad SMARTS) is 1. The van der Waals surface area contributed by atoms with E-state index in [9.17, 15) is 4.79 Å². The Morgan fingerprint density at radius 3 is 2.70 bits per heavy atom. The second-order valence-electron chi connectivity index (χ2n) is 3.96. The molecule has 0 spiro atoms. The Labute approximate surface area is 119 Å². The molecule has 0 bridgehead atoms. The quantitative estimate of drug-likeness (QED) is 0.914. The van der Waals surface area contributed by atoms with Crippen LogP contribution in [0.2, 0.25) is 5.02 Å². The summed E-state index contributed by atoms with van der Waals surface area (Å²) in [4.78, 5) is 10.8. The van der Waals surface area contributed by atoms with Crippen LogP contribution in [0.1, 0.15) is 16.1 Å². The SMILES string of the molecule is COCc1cc(OC)c(Cl)cc1-c1cc(C(=O)O)no1. The average Bonchev–Trinajstić information content (AvgIpc) is 2.90. The summed E-state index contributed by atoms with van der Waals surface area (Å²) in [5.41, 5.74) is 1.19. The number of aromatic carboxylic acids is 1. The largest absolute Gasteiger partial charge is 0.495 e. The molecule has 1 heterocycles. The summed E-state index contributed by atoms with van der Waals surface area (Å²) in [5.74, 6) is -0.354. The minimum atomic E-state index is -1.16. The molecular formula is C13H12ClNO5. The zero-order valence-corrected chi connectivity index (χ0v) is 11.6. The normalized spacial score (nSPS) is 10.6. The number of hydrogen-bond donors (Lipinski definition) is 1. The van der Waals surface area contributed by atoms with Crippen LogP contribution in [0.4, 0.5) is 0 Å². The molecule has 2 aromatic rings. The van der Waals surface area contributed by atoms with Gasteiger partial charge in [0.1, 0.15) is 5.75 Å². The molecule has 0 atom stereocenters. The van der Waals surface area contributed by atoms with Gasteiger partial charge in [-0.2, -0.15) is 0 Å². The Morgan fingerprint density at radius 1 is 1.40 bits per heavy atom. The van der Waals surface area contributed by atoms with E-state index in [1.807, 2.05) is 0 Å². The minimum absolute atomic E-state index is 0.171. The number of rotatable bonds is 5. The van der Waals surface area contributed by atoms with Crippen LogP contribution >= 0.6 is 11.6 Å². The third-order valence-corrected chi connectivity index (χ3v) is 2.97. The Kier molecular flexibility index (Phi) is 4.26. The molecule has 0 aliphatic carbocycles. The van der Waals surface area contributed by atoms with E-state index in [1.54, 1.807) is 19.2 Å². The van der Waals surface area contributed by atoms with Crippen molar-refractivity contribution >= 4 is 17.6 Å². The summed E-state index contributed by atoms with van der Waals surface area (Å²) in [5, 5.41) is 12.7. The molecule has 2 rings (SSSR count). The van der Waals surface area contributed by atoms with Gasteiger partial charge in [0.05, 0.1) is 18.7 Å². The molecule has 106 valence electrons. The monoisotopic (exact) mass is 297 g/mol. The van der Waals surface area contributed by atoms with Gasteiger partial charge in [-0.1, -0.05) is 16.8 Å². The number of aromatic nitrogens is 1. The lowest BCUT2D eigenvalue weighted by Gasteiger charge is -2.10. The smallest absolute Gasteiger partial charge is 0.358 e. The van der Waals surface area contributed by atoms with E-state index in [0.717, 1.165) is 5.56 Å². The molecule has 1 aromatic carbocycles. The van der Waals surface area contributed by atoms with E-state index in [1.165, 1.54) is 13.2 Å². The molecule has 0 aliphatic heterocycles. The van der Waals surface area contributed by atoms with E-state index in [-0.39, 0.29) is 5.69 Å². The number of carboxylic acids is 1. The molecule has 0 amide bonds. The van der Waals surface area contributed by atoms with E-state index < -0.39 is 5.97 Å². The lowest BCUT2D eigenvalue weighted by Crippen LogP contribution is -1.95. The zero-order valence-electron chi connectivity index (χ0n) is 10.8. The molecule has 0 radical (unpaired) electrons. The molecule has 0 fully saturated rings. The van der Waals surface area contributed by atoms with Crippen LogP contribution in [0, 0.1) is 0 Å². The number of nitrogens with zero attached hydrogens (tertiary/aromatic N) is 1. The van der Waals surface area contributed by atoms with Crippen LogP contribution in [0.3, 0.4) is 0 Å². The standard InChI is InChI=1S/C13H12ClNO5/c1-18-6-7-3-12(19-2)9(14)4-8(7)11-5-10(13(16)17)15-20-11/h3-5H,6H2,1-2H3,(H,16,17). The van der Waals surface area contributed by atoms with Crippen molar-refractivity contribution in [3.63, 3.8) is 0 Å². The molecule has 1 N–H and O–H groups in total. The van der Waals surface area contributed by atoms with Gasteiger partial charge in [0.15, 0.2) is 11.5 Å². The summed E-state index contributed by atoms with van der Waals surface area (Å²) < 4.78 is 15.3. The van der Waals surface area contributed by atoms with Crippen molar-refractivity contribution in [1.82, 2.24) is 5.16 Å². The van der Waals surface area contributed by atoms with E-state index in [0.29, 0.717) is 28.7 Å². The van der Waals surface area contributed by atoms with Crippen LogP contribution in [0.25, 0.3) is 11.3 Å². The van der Waals surface area contributed by atoms with Gasteiger partial charge in [-0.3, -0.25) is 0 Å². The van der Waals surface area contributed by atoms with Crippen molar-refractivity contribution in [2.75, 3.05) is 14.2 Å². The third-order valence-electron chi connectivity index (χ3n) is 2.67. The van der Waals surface area contributed by atoms with Gasteiger partial charge in [-0.25, -0.2) is 4.79 Å². The van der Waals surface area contributed by atoms with Gasteiger partial charge in [0.25, 0.3) is 0 Å². The Balaban J connectivity index is 2.52. The van der Waals surface area contributed by atoms with E-state index in [2.05, 4.69) is 5.16 Å². The van der Waals surface area contributed by atoms with Crippen molar-refractivity contribution in [3.05, 3.63) is 34.5 Å². The number of hydrogen-bond acceptors (Lipinski definition) is 5. The average molecular weight is 298 g/mol. The maximum atomic E-state index is 10.8. The highest BCUT2D eigenvalue weighted by molar-refractivity contribution is 6.32. The maximum absolute atomic E-state index is 10.8. The summed E-state index contributed by atoms with van der Waals surface area (Å²) >= 11 is 6.08. The predicted octanol–water partition coefficient (Wildman–Crippen LogP) is 2.85. The van der Waals surface area contributed by atoms with Gasteiger partial charge >= 0.3 is 5.97 Å². The number of benzene rings is 1. The summed E-state index contributed by atoms with van der Waals surface area (Å²) in [6, 6.07) is 4.67. The first-order valence-corrected chi connectivity index (χ1v) is 6.00. The van der Waals surface area contributed by atoms with Crippen LogP contribution in [-0.2, 0) is 11.3 Å². The fourth-order valence-electron chi connectivity index (χ4n) is 1.76. The first kappa shape index (κ1) is 14.4. The molecule has 1 aromatic heterocycles. The van der Waals surface area contributed by atoms with Crippen molar-refractivity contribution in [1.29, 1.82) is 0 Å². The van der Waals surface area contributed by atoms with Gasteiger partial charge in [0.2, 0.25) is 0 Å². The number of halogens is 1. The van der Waals surface area contributed by atoms with Crippen molar-refractivity contribution in [2.24, 2.45) is 0 Å². The third kappa shape index (κ3) is 2.76. The van der Waals surface area contributed by atoms with Gasteiger partial charge < -0.3 is 19.1 Å². The topological polar surface area (TPSA) is 81.8 Å². The van der Waals surface area contributed by atoms with Crippen molar-refractivity contribution in [3.8, 4) is 17.1 Å². The molecule has 0 saturated heterocycles. The van der Waals surface area contributed by atoms with Crippen LogP contribution in [0.5, 0.6) is 5.75 Å². The number of methoxy groups -OCH3 is 2.